The van der Waals surface area contributed by atoms with Gasteiger partial charge in [0.2, 0.25) is 0 Å². The van der Waals surface area contributed by atoms with Crippen LogP contribution in [0.3, 0.4) is 0 Å². The maximum atomic E-state index is 14.1. The quantitative estimate of drug-likeness (QED) is 0.727. The topological polar surface area (TPSA) is 54.5 Å². The number of halogens is 2. The first kappa shape index (κ1) is 14.8. The van der Waals surface area contributed by atoms with Crippen LogP contribution in [-0.4, -0.2) is 14.5 Å². The number of aromatic nitrogens is 3. The molecule has 0 saturated heterocycles. The van der Waals surface area contributed by atoms with Gasteiger partial charge < -0.3 is 4.57 Å². The SMILES string of the molecule is CCc1c(F)cncc1-c1nc2cc(F)c(C#N)cc2n1C1CC1. The molecule has 3 aromatic rings. The van der Waals surface area contributed by atoms with Gasteiger partial charge >= 0.3 is 0 Å². The smallest absolute Gasteiger partial charge is 0.145 e. The highest BCUT2D eigenvalue weighted by Gasteiger charge is 2.30. The third-order valence-corrected chi connectivity index (χ3v) is 4.41. The zero-order valence-corrected chi connectivity index (χ0v) is 13.1. The van der Waals surface area contributed by atoms with Crippen molar-refractivity contribution in [3.05, 3.63) is 47.3 Å². The predicted octanol–water partition coefficient (Wildman–Crippen LogP) is 4.15. The van der Waals surface area contributed by atoms with Gasteiger partial charge in [-0.05, 0) is 25.3 Å². The average molecular weight is 324 g/mol. The van der Waals surface area contributed by atoms with E-state index in [2.05, 4.69) is 9.97 Å². The van der Waals surface area contributed by atoms with Crippen LogP contribution in [0.4, 0.5) is 8.78 Å². The Balaban J connectivity index is 2.05. The normalized spacial score (nSPS) is 14.1. The lowest BCUT2D eigenvalue weighted by Gasteiger charge is -2.11. The summed E-state index contributed by atoms with van der Waals surface area (Å²) in [5.41, 5.74) is 2.34. The van der Waals surface area contributed by atoms with Crippen molar-refractivity contribution in [2.45, 2.75) is 32.2 Å². The third kappa shape index (κ3) is 2.16. The first-order valence-corrected chi connectivity index (χ1v) is 7.88. The first-order valence-electron chi connectivity index (χ1n) is 7.88. The Labute approximate surface area is 137 Å². The molecule has 1 saturated carbocycles. The lowest BCUT2D eigenvalue weighted by Crippen LogP contribution is -2.02. The molecular weight excluding hydrogens is 310 g/mol. The highest BCUT2D eigenvalue weighted by molar-refractivity contribution is 5.83. The van der Waals surface area contributed by atoms with Gasteiger partial charge in [0.15, 0.2) is 0 Å². The zero-order valence-electron chi connectivity index (χ0n) is 13.1. The second-order valence-corrected chi connectivity index (χ2v) is 5.97. The van der Waals surface area contributed by atoms with Crippen molar-refractivity contribution in [3.8, 4) is 17.5 Å². The number of pyridine rings is 1. The van der Waals surface area contributed by atoms with E-state index < -0.39 is 5.82 Å². The molecule has 120 valence electrons. The van der Waals surface area contributed by atoms with Crippen LogP contribution in [0.25, 0.3) is 22.4 Å². The summed E-state index contributed by atoms with van der Waals surface area (Å²) in [6, 6.07) is 4.91. The molecule has 0 N–H and O–H groups in total. The van der Waals surface area contributed by atoms with Gasteiger partial charge in [0.1, 0.15) is 23.5 Å². The number of nitrogens with zero attached hydrogens (tertiary/aromatic N) is 4. The van der Waals surface area contributed by atoms with Gasteiger partial charge in [-0.3, -0.25) is 4.98 Å². The molecule has 0 spiro atoms. The van der Waals surface area contributed by atoms with Crippen LogP contribution >= 0.6 is 0 Å². The second-order valence-electron chi connectivity index (χ2n) is 5.97. The molecule has 1 aliphatic rings. The van der Waals surface area contributed by atoms with Crippen molar-refractivity contribution < 1.29 is 8.78 Å². The van der Waals surface area contributed by atoms with Crippen LogP contribution in [0.5, 0.6) is 0 Å². The lowest BCUT2D eigenvalue weighted by molar-refractivity contribution is 0.605. The number of imidazole rings is 1. The number of rotatable bonds is 3. The largest absolute Gasteiger partial charge is 0.321 e. The third-order valence-electron chi connectivity index (χ3n) is 4.41. The fraction of sp³-hybridized carbons (Fsp3) is 0.278. The monoisotopic (exact) mass is 324 g/mol. The van der Waals surface area contributed by atoms with Crippen LogP contribution in [0.15, 0.2) is 24.5 Å². The van der Waals surface area contributed by atoms with Crippen molar-refractivity contribution in [1.82, 2.24) is 14.5 Å². The molecule has 6 heteroatoms. The van der Waals surface area contributed by atoms with Gasteiger partial charge in [-0.1, -0.05) is 6.92 Å². The van der Waals surface area contributed by atoms with E-state index in [-0.39, 0.29) is 17.4 Å². The van der Waals surface area contributed by atoms with Gasteiger partial charge in [-0.25, -0.2) is 13.8 Å². The minimum Gasteiger partial charge on any atom is -0.321 e. The summed E-state index contributed by atoms with van der Waals surface area (Å²) in [5.74, 6) is -0.371. The Bertz CT molecular complexity index is 996. The first-order chi connectivity index (χ1) is 11.6. The van der Waals surface area contributed by atoms with Crippen molar-refractivity contribution in [3.63, 3.8) is 0 Å². The highest BCUT2D eigenvalue weighted by atomic mass is 19.1. The summed E-state index contributed by atoms with van der Waals surface area (Å²) in [6.07, 6.45) is 5.28. The van der Waals surface area contributed by atoms with E-state index in [1.54, 1.807) is 6.20 Å². The van der Waals surface area contributed by atoms with Gasteiger partial charge in [0.05, 0.1) is 22.8 Å². The molecule has 4 rings (SSSR count). The van der Waals surface area contributed by atoms with Crippen molar-refractivity contribution in [2.24, 2.45) is 0 Å². The Morgan fingerprint density at radius 2 is 2.04 bits per heavy atom. The molecule has 1 aromatic carbocycles. The molecule has 0 unspecified atom stereocenters. The van der Waals surface area contributed by atoms with Crippen LogP contribution in [0, 0.1) is 23.0 Å². The van der Waals surface area contributed by atoms with E-state index in [9.17, 15) is 8.78 Å². The molecule has 2 aromatic heterocycles. The predicted molar refractivity (Wildman–Crippen MR) is 85.2 cm³/mol. The van der Waals surface area contributed by atoms with Crippen LogP contribution < -0.4 is 0 Å². The zero-order chi connectivity index (χ0) is 16.8. The Morgan fingerprint density at radius 3 is 2.71 bits per heavy atom. The van der Waals surface area contributed by atoms with Crippen LogP contribution in [0.1, 0.15) is 36.9 Å². The van der Waals surface area contributed by atoms with Crippen molar-refractivity contribution >= 4 is 11.0 Å². The van der Waals surface area contributed by atoms with E-state index in [1.807, 2.05) is 17.6 Å². The number of nitriles is 1. The minimum absolute atomic E-state index is 0.0102. The molecular formula is C18H14F2N4. The van der Waals surface area contributed by atoms with Crippen molar-refractivity contribution in [1.29, 1.82) is 5.26 Å². The van der Waals surface area contributed by atoms with Gasteiger partial charge in [-0.15, -0.1) is 0 Å². The molecule has 0 aliphatic heterocycles. The molecule has 2 heterocycles. The summed E-state index contributed by atoms with van der Waals surface area (Å²) in [5, 5.41) is 9.09. The summed E-state index contributed by atoms with van der Waals surface area (Å²) in [6.45, 7) is 1.87. The molecule has 0 atom stereocenters. The van der Waals surface area contributed by atoms with Gasteiger partial charge in [0, 0.05) is 29.4 Å². The Hall–Kier alpha value is -2.81. The number of hydrogen-bond donors (Lipinski definition) is 0. The van der Waals surface area contributed by atoms with E-state index in [1.165, 1.54) is 18.3 Å². The maximum absolute atomic E-state index is 14.1. The van der Waals surface area contributed by atoms with E-state index >= 15 is 0 Å². The van der Waals surface area contributed by atoms with Crippen LogP contribution in [-0.2, 0) is 6.42 Å². The second kappa shape index (κ2) is 5.38. The Kier molecular flexibility index (Phi) is 3.31. The number of hydrogen-bond acceptors (Lipinski definition) is 3. The molecule has 0 bridgehead atoms. The fourth-order valence-corrected chi connectivity index (χ4v) is 3.11. The highest BCUT2D eigenvalue weighted by Crippen LogP contribution is 2.42. The Morgan fingerprint density at radius 1 is 1.25 bits per heavy atom. The molecule has 24 heavy (non-hydrogen) atoms. The standard InChI is InChI=1S/C18H14F2N4/c1-2-12-13(8-22-9-15(12)20)18-23-16-6-14(19)10(7-21)5-17(16)24(18)11-3-4-11/h5-6,8-9,11H,2-4H2,1H3. The summed E-state index contributed by atoms with van der Waals surface area (Å²) < 4.78 is 30.1. The van der Waals surface area contributed by atoms with Gasteiger partial charge in [-0.2, -0.15) is 5.26 Å². The summed E-state index contributed by atoms with van der Waals surface area (Å²) in [7, 11) is 0. The summed E-state index contributed by atoms with van der Waals surface area (Å²) in [4.78, 5) is 8.49. The number of fused-ring (bicyclic) bond motifs is 1. The van der Waals surface area contributed by atoms with E-state index in [0.717, 1.165) is 12.8 Å². The van der Waals surface area contributed by atoms with Crippen LogP contribution in [0.2, 0.25) is 0 Å². The molecule has 1 aliphatic carbocycles. The lowest BCUT2D eigenvalue weighted by atomic mass is 10.1. The van der Waals surface area contributed by atoms with Crippen molar-refractivity contribution in [2.75, 3.05) is 0 Å². The molecule has 4 nitrogen and oxygen atoms in total. The molecule has 0 radical (unpaired) electrons. The van der Waals surface area contributed by atoms with E-state index in [4.69, 9.17) is 5.26 Å². The minimum atomic E-state index is -0.593. The average Bonchev–Trinajstić information content (AvgIpc) is 3.35. The van der Waals surface area contributed by atoms with E-state index in [0.29, 0.717) is 34.4 Å². The number of benzene rings is 1. The molecule has 0 amide bonds. The fourth-order valence-electron chi connectivity index (χ4n) is 3.11. The van der Waals surface area contributed by atoms with Gasteiger partial charge in [0.25, 0.3) is 0 Å². The molecule has 1 fully saturated rings. The summed E-state index contributed by atoms with van der Waals surface area (Å²) >= 11 is 0. The maximum Gasteiger partial charge on any atom is 0.145 e.